The molecule has 1 saturated heterocycles. The molecule has 4 rings (SSSR count). The van der Waals surface area contributed by atoms with E-state index in [2.05, 4.69) is 31.9 Å². The predicted molar refractivity (Wildman–Crippen MR) is 110 cm³/mol. The van der Waals surface area contributed by atoms with Crippen LogP contribution in [-0.2, 0) is 6.54 Å². The molecule has 0 bridgehead atoms. The quantitative estimate of drug-likeness (QED) is 0.654. The fraction of sp³-hybridized carbons (Fsp3) is 0.364. The van der Waals surface area contributed by atoms with Crippen molar-refractivity contribution in [1.82, 2.24) is 14.9 Å². The van der Waals surface area contributed by atoms with Gasteiger partial charge in [-0.1, -0.05) is 6.07 Å². The summed E-state index contributed by atoms with van der Waals surface area (Å²) in [6.07, 6.45) is 0. The minimum atomic E-state index is -0.402. The van der Waals surface area contributed by atoms with E-state index in [0.29, 0.717) is 11.5 Å². The Morgan fingerprint density at radius 1 is 1.07 bits per heavy atom. The molecule has 1 aliphatic heterocycles. The number of aromatic nitrogens is 2. The van der Waals surface area contributed by atoms with Crippen LogP contribution in [0.4, 0.5) is 10.2 Å². The lowest BCUT2D eigenvalue weighted by atomic mass is 10.2. The van der Waals surface area contributed by atoms with Crippen molar-refractivity contribution in [3.05, 3.63) is 59.4 Å². The lowest BCUT2D eigenvalue weighted by molar-refractivity contribution is 0.245. The van der Waals surface area contributed by atoms with Gasteiger partial charge in [0.1, 0.15) is 11.6 Å². The summed E-state index contributed by atoms with van der Waals surface area (Å²) in [5, 5.41) is 0. The highest BCUT2D eigenvalue weighted by atomic mass is 19.1. The number of hydrogen-bond acceptors (Lipinski definition) is 6. The number of methoxy groups -OCH3 is 1. The van der Waals surface area contributed by atoms with Crippen molar-refractivity contribution in [2.75, 3.05) is 38.2 Å². The number of piperazine rings is 1. The minimum Gasteiger partial charge on any atom is -0.494 e. The second-order valence-electron chi connectivity index (χ2n) is 7.27. The number of nitrogens with zero attached hydrogens (tertiary/aromatic N) is 4. The number of pyridine rings is 1. The van der Waals surface area contributed by atoms with Gasteiger partial charge in [-0.25, -0.2) is 14.4 Å². The summed E-state index contributed by atoms with van der Waals surface area (Å²) in [6, 6.07) is 10.8. The average molecular weight is 396 g/mol. The summed E-state index contributed by atoms with van der Waals surface area (Å²) in [4.78, 5) is 14.0. The molecule has 152 valence electrons. The highest BCUT2D eigenvalue weighted by molar-refractivity contribution is 5.56. The summed E-state index contributed by atoms with van der Waals surface area (Å²) < 4.78 is 24.6. The van der Waals surface area contributed by atoms with E-state index in [0.717, 1.165) is 55.7 Å². The molecule has 0 amide bonds. The van der Waals surface area contributed by atoms with E-state index in [-0.39, 0.29) is 5.75 Å². The summed E-state index contributed by atoms with van der Waals surface area (Å²) in [5.41, 5.74) is 2.64. The first kappa shape index (κ1) is 19.4. The lowest BCUT2D eigenvalue weighted by Crippen LogP contribution is -2.46. The van der Waals surface area contributed by atoms with Gasteiger partial charge in [0.15, 0.2) is 11.6 Å². The van der Waals surface area contributed by atoms with Crippen LogP contribution in [0.3, 0.4) is 0 Å². The largest absolute Gasteiger partial charge is 0.494 e. The number of ether oxygens (including phenoxy) is 1. The maximum Gasteiger partial charge on any atom is 0.226 e. The first-order chi connectivity index (χ1) is 14.0. The van der Waals surface area contributed by atoms with E-state index in [4.69, 9.17) is 9.15 Å². The Bertz CT molecular complexity index is 996. The Balaban J connectivity index is 1.42. The molecule has 1 fully saturated rings. The Hall–Kier alpha value is -2.93. The average Bonchev–Trinajstić information content (AvgIpc) is 3.09. The third-order valence-electron chi connectivity index (χ3n) is 5.23. The minimum absolute atomic E-state index is 0.181. The second-order valence-corrected chi connectivity index (χ2v) is 7.27. The van der Waals surface area contributed by atoms with Crippen LogP contribution in [0.1, 0.15) is 17.1 Å². The van der Waals surface area contributed by atoms with E-state index < -0.39 is 5.82 Å². The molecule has 1 aromatic carbocycles. The molecule has 2 aromatic heterocycles. The first-order valence-corrected chi connectivity index (χ1v) is 9.74. The van der Waals surface area contributed by atoms with Gasteiger partial charge in [-0.15, -0.1) is 0 Å². The Morgan fingerprint density at radius 2 is 1.86 bits per heavy atom. The third kappa shape index (κ3) is 4.24. The zero-order valence-electron chi connectivity index (χ0n) is 17.0. The maximum atomic E-state index is 13.7. The Labute approximate surface area is 169 Å². The smallest absolute Gasteiger partial charge is 0.226 e. The Kier molecular flexibility index (Phi) is 5.49. The van der Waals surface area contributed by atoms with Crippen molar-refractivity contribution in [2.45, 2.75) is 20.4 Å². The summed E-state index contributed by atoms with van der Waals surface area (Å²) in [6.45, 7) is 8.37. The zero-order chi connectivity index (χ0) is 20.4. The summed E-state index contributed by atoms with van der Waals surface area (Å²) >= 11 is 0. The predicted octanol–water partition coefficient (Wildman–Crippen LogP) is 3.82. The van der Waals surface area contributed by atoms with E-state index in [9.17, 15) is 4.39 Å². The van der Waals surface area contributed by atoms with Crippen molar-refractivity contribution in [1.29, 1.82) is 0 Å². The van der Waals surface area contributed by atoms with Crippen LogP contribution < -0.4 is 9.64 Å². The molecule has 29 heavy (non-hydrogen) atoms. The van der Waals surface area contributed by atoms with Crippen molar-refractivity contribution in [3.8, 4) is 17.2 Å². The molecule has 3 aromatic rings. The molecule has 0 saturated carbocycles. The van der Waals surface area contributed by atoms with Crippen LogP contribution >= 0.6 is 0 Å². The third-order valence-corrected chi connectivity index (χ3v) is 5.23. The topological polar surface area (TPSA) is 54.6 Å². The van der Waals surface area contributed by atoms with Crippen molar-refractivity contribution in [2.24, 2.45) is 0 Å². The number of aryl methyl sites for hydroxylation is 2. The van der Waals surface area contributed by atoms with Crippen LogP contribution in [-0.4, -0.2) is 48.2 Å². The van der Waals surface area contributed by atoms with Gasteiger partial charge in [0, 0.05) is 44.0 Å². The van der Waals surface area contributed by atoms with Gasteiger partial charge in [0.05, 0.1) is 12.8 Å². The number of anilines is 1. The standard InChI is InChI=1S/C22H25FN4O2/c1-15-5-4-6-21(24-15)27-11-9-26(10-12-27)14-19-16(2)29-22(25-19)17-7-8-18(23)20(13-17)28-3/h4-8,13H,9-12,14H2,1-3H3. The van der Waals surface area contributed by atoms with Crippen LogP contribution in [0.15, 0.2) is 40.8 Å². The maximum absolute atomic E-state index is 13.7. The van der Waals surface area contributed by atoms with E-state index in [1.54, 1.807) is 12.1 Å². The van der Waals surface area contributed by atoms with E-state index in [1.165, 1.54) is 13.2 Å². The molecule has 0 spiro atoms. The molecule has 0 aliphatic carbocycles. The SMILES string of the molecule is COc1cc(-c2nc(CN3CCN(c4cccc(C)n4)CC3)c(C)o2)ccc1F. The summed E-state index contributed by atoms with van der Waals surface area (Å²) in [5.74, 6) is 2.08. The van der Waals surface area contributed by atoms with Gasteiger partial charge >= 0.3 is 0 Å². The molecule has 7 heteroatoms. The fourth-order valence-corrected chi connectivity index (χ4v) is 3.54. The number of benzene rings is 1. The van der Waals surface area contributed by atoms with Gasteiger partial charge in [-0.2, -0.15) is 0 Å². The van der Waals surface area contributed by atoms with E-state index >= 15 is 0 Å². The van der Waals surface area contributed by atoms with Crippen LogP contribution in [0.2, 0.25) is 0 Å². The summed E-state index contributed by atoms with van der Waals surface area (Å²) in [7, 11) is 1.44. The number of oxazole rings is 1. The second kappa shape index (κ2) is 8.21. The van der Waals surface area contributed by atoms with Crippen LogP contribution in [0.25, 0.3) is 11.5 Å². The van der Waals surface area contributed by atoms with Gasteiger partial charge < -0.3 is 14.1 Å². The molecular weight excluding hydrogens is 371 g/mol. The van der Waals surface area contributed by atoms with Crippen molar-refractivity contribution >= 4 is 5.82 Å². The number of rotatable bonds is 5. The fourth-order valence-electron chi connectivity index (χ4n) is 3.54. The molecule has 0 atom stereocenters. The van der Waals surface area contributed by atoms with Crippen molar-refractivity contribution < 1.29 is 13.5 Å². The highest BCUT2D eigenvalue weighted by Gasteiger charge is 2.21. The lowest BCUT2D eigenvalue weighted by Gasteiger charge is -2.35. The number of halogens is 1. The Morgan fingerprint density at radius 3 is 2.59 bits per heavy atom. The number of hydrogen-bond donors (Lipinski definition) is 0. The van der Waals surface area contributed by atoms with Crippen molar-refractivity contribution in [3.63, 3.8) is 0 Å². The molecule has 3 heterocycles. The molecule has 6 nitrogen and oxygen atoms in total. The van der Waals surface area contributed by atoms with Gasteiger partial charge in [0.2, 0.25) is 5.89 Å². The monoisotopic (exact) mass is 396 g/mol. The molecule has 0 N–H and O–H groups in total. The molecule has 0 unspecified atom stereocenters. The highest BCUT2D eigenvalue weighted by Crippen LogP contribution is 2.28. The van der Waals surface area contributed by atoms with Gasteiger partial charge in [-0.05, 0) is 44.2 Å². The van der Waals surface area contributed by atoms with Gasteiger partial charge in [-0.3, -0.25) is 4.90 Å². The molecule has 1 aliphatic rings. The molecular formula is C22H25FN4O2. The van der Waals surface area contributed by atoms with Crippen LogP contribution in [0.5, 0.6) is 5.75 Å². The first-order valence-electron chi connectivity index (χ1n) is 9.74. The molecule has 0 radical (unpaired) electrons. The van der Waals surface area contributed by atoms with E-state index in [1.807, 2.05) is 19.9 Å². The zero-order valence-corrected chi connectivity index (χ0v) is 17.0. The van der Waals surface area contributed by atoms with Crippen LogP contribution in [0, 0.1) is 19.7 Å². The van der Waals surface area contributed by atoms with Gasteiger partial charge in [0.25, 0.3) is 0 Å². The normalized spacial score (nSPS) is 15.0.